The summed E-state index contributed by atoms with van der Waals surface area (Å²) in [7, 11) is 0. The summed E-state index contributed by atoms with van der Waals surface area (Å²) in [5, 5.41) is 12.2. The van der Waals surface area contributed by atoms with Crippen molar-refractivity contribution < 1.29 is 5.11 Å². The Morgan fingerprint density at radius 3 is 2.78 bits per heavy atom. The quantitative estimate of drug-likeness (QED) is 0.705. The fraction of sp³-hybridized carbons (Fsp3) is 0. The highest BCUT2D eigenvalue weighted by molar-refractivity contribution is 6.32. The van der Waals surface area contributed by atoms with Crippen LogP contribution in [-0.2, 0) is 0 Å². The van der Waals surface area contributed by atoms with E-state index in [9.17, 15) is 5.11 Å². The number of halogens is 1. The van der Waals surface area contributed by atoms with E-state index in [1.165, 1.54) is 0 Å². The van der Waals surface area contributed by atoms with Crippen molar-refractivity contribution in [2.24, 2.45) is 0 Å². The van der Waals surface area contributed by atoms with Crippen LogP contribution < -0.4 is 0 Å². The van der Waals surface area contributed by atoms with E-state index in [0.29, 0.717) is 5.02 Å². The van der Waals surface area contributed by atoms with Gasteiger partial charge in [-0.05, 0) is 34.7 Å². The van der Waals surface area contributed by atoms with Crippen LogP contribution >= 0.6 is 11.6 Å². The number of hydrogen-bond donors (Lipinski definition) is 1. The number of pyridine rings is 1. The molecule has 3 aromatic rings. The summed E-state index contributed by atoms with van der Waals surface area (Å²) in [5.74, 6) is 0.0926. The zero-order valence-electron chi connectivity index (χ0n) is 9.47. The van der Waals surface area contributed by atoms with Crippen LogP contribution in [0.15, 0.2) is 54.9 Å². The first-order chi connectivity index (χ1) is 8.75. The number of aromatic nitrogens is 1. The lowest BCUT2D eigenvalue weighted by atomic mass is 10.00. The first kappa shape index (κ1) is 11.1. The molecule has 0 spiro atoms. The molecule has 1 aromatic heterocycles. The van der Waals surface area contributed by atoms with Crippen LogP contribution in [0.1, 0.15) is 0 Å². The average molecular weight is 256 g/mol. The van der Waals surface area contributed by atoms with Crippen molar-refractivity contribution in [3.8, 4) is 16.9 Å². The SMILES string of the molecule is Oc1cc(-c2cccc3ccncc23)ccc1Cl. The first-order valence-corrected chi connectivity index (χ1v) is 5.95. The number of nitrogens with zero attached hydrogens (tertiary/aromatic N) is 1. The van der Waals surface area contributed by atoms with Gasteiger partial charge in [0.2, 0.25) is 0 Å². The Morgan fingerprint density at radius 1 is 1.06 bits per heavy atom. The van der Waals surface area contributed by atoms with Crippen LogP contribution in [0.4, 0.5) is 0 Å². The van der Waals surface area contributed by atoms with Crippen molar-refractivity contribution in [1.29, 1.82) is 0 Å². The Balaban J connectivity index is 2.28. The predicted octanol–water partition coefficient (Wildman–Crippen LogP) is 4.26. The van der Waals surface area contributed by atoms with Crippen molar-refractivity contribution in [3.63, 3.8) is 0 Å². The van der Waals surface area contributed by atoms with Crippen molar-refractivity contribution in [1.82, 2.24) is 4.98 Å². The van der Waals surface area contributed by atoms with Crippen LogP contribution in [0.2, 0.25) is 5.02 Å². The summed E-state index contributed by atoms with van der Waals surface area (Å²) < 4.78 is 0. The molecule has 88 valence electrons. The van der Waals surface area contributed by atoms with Crippen LogP contribution in [0.25, 0.3) is 21.9 Å². The minimum atomic E-state index is 0.0926. The van der Waals surface area contributed by atoms with Gasteiger partial charge in [-0.1, -0.05) is 35.9 Å². The Kier molecular flexibility index (Phi) is 2.65. The lowest BCUT2D eigenvalue weighted by Gasteiger charge is -2.07. The molecule has 0 saturated heterocycles. The molecule has 0 unspecified atom stereocenters. The van der Waals surface area contributed by atoms with Gasteiger partial charge in [0, 0.05) is 17.8 Å². The van der Waals surface area contributed by atoms with Gasteiger partial charge in [-0.3, -0.25) is 4.98 Å². The van der Waals surface area contributed by atoms with Gasteiger partial charge in [0.05, 0.1) is 5.02 Å². The number of benzene rings is 2. The minimum absolute atomic E-state index is 0.0926. The van der Waals surface area contributed by atoms with Crippen molar-refractivity contribution in [3.05, 3.63) is 59.9 Å². The van der Waals surface area contributed by atoms with Gasteiger partial charge in [-0.2, -0.15) is 0 Å². The van der Waals surface area contributed by atoms with E-state index in [-0.39, 0.29) is 5.75 Å². The molecule has 0 aliphatic heterocycles. The fourth-order valence-corrected chi connectivity index (χ4v) is 2.16. The van der Waals surface area contributed by atoms with Crippen molar-refractivity contribution in [2.45, 2.75) is 0 Å². The molecule has 0 saturated carbocycles. The van der Waals surface area contributed by atoms with E-state index < -0.39 is 0 Å². The Labute approximate surface area is 109 Å². The lowest BCUT2D eigenvalue weighted by Crippen LogP contribution is -1.82. The van der Waals surface area contributed by atoms with Gasteiger partial charge >= 0.3 is 0 Å². The maximum Gasteiger partial charge on any atom is 0.134 e. The second kappa shape index (κ2) is 4.31. The van der Waals surface area contributed by atoms with Crippen LogP contribution in [0.3, 0.4) is 0 Å². The molecular formula is C15H10ClNO. The summed E-state index contributed by atoms with van der Waals surface area (Å²) >= 11 is 5.82. The molecule has 0 amide bonds. The third-order valence-electron chi connectivity index (χ3n) is 2.94. The monoisotopic (exact) mass is 255 g/mol. The molecule has 2 aromatic carbocycles. The average Bonchev–Trinajstić information content (AvgIpc) is 2.41. The lowest BCUT2D eigenvalue weighted by molar-refractivity contribution is 0.476. The maximum absolute atomic E-state index is 9.69. The number of hydrogen-bond acceptors (Lipinski definition) is 2. The van der Waals surface area contributed by atoms with Crippen molar-refractivity contribution in [2.75, 3.05) is 0 Å². The molecule has 1 N–H and O–H groups in total. The highest BCUT2D eigenvalue weighted by atomic mass is 35.5. The van der Waals surface area contributed by atoms with Gasteiger partial charge < -0.3 is 5.11 Å². The topological polar surface area (TPSA) is 33.1 Å². The summed E-state index contributed by atoms with van der Waals surface area (Å²) in [6, 6.07) is 13.3. The Bertz CT molecular complexity index is 719. The molecular weight excluding hydrogens is 246 g/mol. The highest BCUT2D eigenvalue weighted by Crippen LogP contribution is 2.33. The molecule has 0 fully saturated rings. The van der Waals surface area contributed by atoms with E-state index in [0.717, 1.165) is 21.9 Å². The van der Waals surface area contributed by atoms with Gasteiger partial charge in [-0.15, -0.1) is 0 Å². The molecule has 3 heteroatoms. The number of rotatable bonds is 1. The second-order valence-corrected chi connectivity index (χ2v) is 4.48. The number of phenolic OH excluding ortho intramolecular Hbond substituents is 1. The highest BCUT2D eigenvalue weighted by Gasteiger charge is 2.06. The van der Waals surface area contributed by atoms with Crippen LogP contribution in [0.5, 0.6) is 5.75 Å². The Morgan fingerprint density at radius 2 is 1.94 bits per heavy atom. The molecule has 1 heterocycles. The third kappa shape index (κ3) is 1.81. The first-order valence-electron chi connectivity index (χ1n) is 5.57. The van der Waals surface area contributed by atoms with E-state index in [1.54, 1.807) is 18.3 Å². The van der Waals surface area contributed by atoms with E-state index >= 15 is 0 Å². The molecule has 0 bridgehead atoms. The zero-order valence-corrected chi connectivity index (χ0v) is 10.2. The van der Waals surface area contributed by atoms with Crippen LogP contribution in [-0.4, -0.2) is 10.1 Å². The summed E-state index contributed by atoms with van der Waals surface area (Å²) in [4.78, 5) is 4.15. The summed E-state index contributed by atoms with van der Waals surface area (Å²) in [6.07, 6.45) is 3.60. The molecule has 0 radical (unpaired) electrons. The minimum Gasteiger partial charge on any atom is -0.506 e. The van der Waals surface area contributed by atoms with Gasteiger partial charge in [0.15, 0.2) is 0 Å². The van der Waals surface area contributed by atoms with Gasteiger partial charge in [0.25, 0.3) is 0 Å². The number of fused-ring (bicyclic) bond motifs is 1. The smallest absolute Gasteiger partial charge is 0.134 e. The number of phenols is 1. The van der Waals surface area contributed by atoms with E-state index in [4.69, 9.17) is 11.6 Å². The molecule has 0 atom stereocenters. The second-order valence-electron chi connectivity index (χ2n) is 4.07. The largest absolute Gasteiger partial charge is 0.506 e. The molecule has 18 heavy (non-hydrogen) atoms. The molecule has 3 rings (SSSR count). The number of aromatic hydroxyl groups is 1. The van der Waals surface area contributed by atoms with Gasteiger partial charge in [0.1, 0.15) is 5.75 Å². The predicted molar refractivity (Wildman–Crippen MR) is 73.9 cm³/mol. The standard InChI is InChI=1S/C15H10ClNO/c16-14-5-4-11(8-15(14)18)12-3-1-2-10-6-7-17-9-13(10)12/h1-9,18H. The molecule has 0 aliphatic rings. The van der Waals surface area contributed by atoms with Crippen molar-refractivity contribution >= 4 is 22.4 Å². The summed E-state index contributed by atoms with van der Waals surface area (Å²) in [6.45, 7) is 0. The fourth-order valence-electron chi connectivity index (χ4n) is 2.05. The van der Waals surface area contributed by atoms with Gasteiger partial charge in [-0.25, -0.2) is 0 Å². The Hall–Kier alpha value is -2.06. The summed E-state index contributed by atoms with van der Waals surface area (Å²) in [5.41, 5.74) is 1.96. The third-order valence-corrected chi connectivity index (χ3v) is 3.26. The van der Waals surface area contributed by atoms with E-state index in [1.807, 2.05) is 36.5 Å². The maximum atomic E-state index is 9.69. The normalized spacial score (nSPS) is 10.7. The van der Waals surface area contributed by atoms with Crippen LogP contribution in [0, 0.1) is 0 Å². The zero-order chi connectivity index (χ0) is 12.5. The van der Waals surface area contributed by atoms with E-state index in [2.05, 4.69) is 4.98 Å². The molecule has 2 nitrogen and oxygen atoms in total. The molecule has 0 aliphatic carbocycles.